The quantitative estimate of drug-likeness (QED) is 0.415. The molecule has 0 radical (unpaired) electrons. The maximum absolute atomic E-state index is 13.3. The third-order valence-corrected chi connectivity index (χ3v) is 7.57. The van der Waals surface area contributed by atoms with Gasteiger partial charge in [-0.3, -0.25) is 24.2 Å². The first-order chi connectivity index (χ1) is 20.8. The van der Waals surface area contributed by atoms with E-state index in [0.717, 1.165) is 16.5 Å². The number of hydrogen-bond donors (Lipinski definition) is 3. The summed E-state index contributed by atoms with van der Waals surface area (Å²) in [6.45, 7) is 10.6. The number of carbonyl (C=O) groups is 4. The second kappa shape index (κ2) is 14.3. The van der Waals surface area contributed by atoms with Gasteiger partial charge >= 0.3 is 5.97 Å². The van der Waals surface area contributed by atoms with E-state index >= 15 is 0 Å². The van der Waals surface area contributed by atoms with Crippen LogP contribution in [-0.2, 0) is 33.4 Å². The molecular formula is C32H43N5O7. The van der Waals surface area contributed by atoms with E-state index in [4.69, 9.17) is 19.2 Å². The molecule has 12 heteroatoms. The molecule has 3 N–H and O–H groups in total. The summed E-state index contributed by atoms with van der Waals surface area (Å²) in [5, 5.41) is 7.68. The monoisotopic (exact) mass is 609 g/mol. The van der Waals surface area contributed by atoms with E-state index in [2.05, 4.69) is 16.1 Å². The molecule has 44 heavy (non-hydrogen) atoms. The molecule has 3 amide bonds. The summed E-state index contributed by atoms with van der Waals surface area (Å²) in [7, 11) is 0. The molecular weight excluding hydrogens is 566 g/mol. The van der Waals surface area contributed by atoms with E-state index in [1.54, 1.807) is 41.5 Å². The number of rotatable bonds is 1. The van der Waals surface area contributed by atoms with Crippen LogP contribution in [0.5, 0.6) is 0 Å². The minimum Gasteiger partial charge on any atom is -0.455 e. The van der Waals surface area contributed by atoms with Gasteiger partial charge in [-0.2, -0.15) is 0 Å². The van der Waals surface area contributed by atoms with E-state index < -0.39 is 53.7 Å². The normalized spacial score (nSPS) is 26.2. The number of cyclic esters (lactones) is 1. The summed E-state index contributed by atoms with van der Waals surface area (Å²) in [5.41, 5.74) is 5.22. The molecule has 3 heterocycles. The molecule has 0 spiro atoms. The Bertz CT molecular complexity index is 1410. The average molecular weight is 610 g/mol. The Hall–Kier alpha value is -3.87. The van der Waals surface area contributed by atoms with Crippen molar-refractivity contribution >= 4 is 40.7 Å². The van der Waals surface area contributed by atoms with E-state index in [1.807, 2.05) is 42.5 Å². The van der Waals surface area contributed by atoms with Crippen LogP contribution in [0.2, 0.25) is 0 Å². The highest BCUT2D eigenvalue weighted by atomic mass is 16.7. The first kappa shape index (κ1) is 33.0. The molecule has 2 aliphatic heterocycles. The predicted octanol–water partition coefficient (Wildman–Crippen LogP) is 2.78. The van der Waals surface area contributed by atoms with Gasteiger partial charge < -0.3 is 24.8 Å². The molecule has 1 fully saturated rings. The van der Waals surface area contributed by atoms with Crippen molar-refractivity contribution < 1.29 is 33.4 Å². The lowest BCUT2D eigenvalue weighted by Crippen LogP contribution is -2.61. The molecule has 4 rings (SSSR count). The van der Waals surface area contributed by atoms with Gasteiger partial charge in [0.15, 0.2) is 5.79 Å². The van der Waals surface area contributed by atoms with Crippen molar-refractivity contribution in [2.45, 2.75) is 84.4 Å². The number of carbonyl (C=O) groups excluding carboxylic acids is 4. The highest BCUT2D eigenvalue weighted by Crippen LogP contribution is 2.22. The lowest BCUT2D eigenvalue weighted by atomic mass is 10.0. The molecule has 0 aliphatic carbocycles. The Labute approximate surface area is 257 Å². The molecule has 4 unspecified atom stereocenters. The number of benzene rings is 1. The number of nitrogens with zero attached hydrogens (tertiary/aromatic N) is 2. The summed E-state index contributed by atoms with van der Waals surface area (Å²) in [4.78, 5) is 57.0. The standard InChI is InChI=1S/C32H43N5O7/c1-19(2)28-29(39)33-20(3)30(40)37-15-7-10-25(36-37)31(41)44-21(4)24-14-13-23-12-11-22(17-26(23)34-24)9-8-16-42-32(5,6)43-18-27(38)35-28/h8-9,11-14,17,19-21,25,28,36H,7,10,15-16,18H2,1-6H3,(H,33,39)(H,35,38). The van der Waals surface area contributed by atoms with Crippen molar-refractivity contribution in [1.29, 1.82) is 0 Å². The summed E-state index contributed by atoms with van der Waals surface area (Å²) in [6, 6.07) is 7.07. The minimum atomic E-state index is -1.07. The molecule has 1 aromatic heterocycles. The number of amides is 3. The smallest absolute Gasteiger partial charge is 0.325 e. The van der Waals surface area contributed by atoms with E-state index in [0.29, 0.717) is 25.1 Å². The molecule has 2 aliphatic rings. The average Bonchev–Trinajstić information content (AvgIpc) is 2.99. The number of hydrazine groups is 1. The van der Waals surface area contributed by atoms with Crippen LogP contribution < -0.4 is 16.1 Å². The van der Waals surface area contributed by atoms with Gasteiger partial charge in [0.1, 0.15) is 30.8 Å². The lowest BCUT2D eigenvalue weighted by Gasteiger charge is -2.35. The topological polar surface area (TPSA) is 148 Å². The zero-order valence-electron chi connectivity index (χ0n) is 26.2. The number of nitrogens with one attached hydrogen (secondary N) is 3. The Morgan fingerprint density at radius 1 is 1.02 bits per heavy atom. The van der Waals surface area contributed by atoms with Gasteiger partial charge in [0, 0.05) is 11.9 Å². The molecule has 5 bridgehead atoms. The van der Waals surface area contributed by atoms with E-state index in [-0.39, 0.29) is 19.1 Å². The maximum atomic E-state index is 13.3. The molecule has 0 saturated carbocycles. The summed E-state index contributed by atoms with van der Waals surface area (Å²) < 4.78 is 17.3. The Morgan fingerprint density at radius 3 is 2.52 bits per heavy atom. The highest BCUT2D eigenvalue weighted by molar-refractivity contribution is 5.92. The van der Waals surface area contributed by atoms with Crippen LogP contribution >= 0.6 is 0 Å². The van der Waals surface area contributed by atoms with Gasteiger partial charge in [-0.25, -0.2) is 10.4 Å². The highest BCUT2D eigenvalue weighted by Gasteiger charge is 2.34. The number of hydrogen-bond acceptors (Lipinski definition) is 9. The minimum absolute atomic E-state index is 0.224. The number of aromatic nitrogens is 1. The Kier molecular flexibility index (Phi) is 10.7. The molecule has 1 saturated heterocycles. The fraction of sp³-hybridized carbons (Fsp3) is 0.531. The van der Waals surface area contributed by atoms with Crippen LogP contribution in [-0.4, -0.2) is 77.4 Å². The zero-order valence-corrected chi connectivity index (χ0v) is 26.2. The summed E-state index contributed by atoms with van der Waals surface area (Å²) in [5.74, 6) is -3.24. The zero-order chi connectivity index (χ0) is 32.0. The van der Waals surface area contributed by atoms with Crippen molar-refractivity contribution in [3.05, 3.63) is 47.7 Å². The van der Waals surface area contributed by atoms with Crippen LogP contribution in [0.3, 0.4) is 0 Å². The van der Waals surface area contributed by atoms with Crippen LogP contribution in [0, 0.1) is 5.92 Å². The van der Waals surface area contributed by atoms with Crippen LogP contribution in [0.25, 0.3) is 17.0 Å². The van der Waals surface area contributed by atoms with Gasteiger partial charge in [-0.05, 0) is 64.2 Å². The van der Waals surface area contributed by atoms with Gasteiger partial charge in [0.2, 0.25) is 11.8 Å². The van der Waals surface area contributed by atoms with E-state index in [9.17, 15) is 19.2 Å². The third-order valence-electron chi connectivity index (χ3n) is 7.57. The van der Waals surface area contributed by atoms with Crippen LogP contribution in [0.15, 0.2) is 36.4 Å². The predicted molar refractivity (Wildman–Crippen MR) is 164 cm³/mol. The first-order valence-electron chi connectivity index (χ1n) is 15.1. The van der Waals surface area contributed by atoms with Gasteiger partial charge in [0.05, 0.1) is 17.8 Å². The summed E-state index contributed by atoms with van der Waals surface area (Å²) in [6.07, 6.45) is 4.18. The van der Waals surface area contributed by atoms with Crippen LogP contribution in [0.4, 0.5) is 0 Å². The molecule has 1 aromatic carbocycles. The van der Waals surface area contributed by atoms with E-state index in [1.165, 1.54) is 5.01 Å². The maximum Gasteiger partial charge on any atom is 0.325 e. The number of fused-ring (bicyclic) bond motifs is 4. The number of pyridine rings is 1. The van der Waals surface area contributed by atoms with Gasteiger partial charge in [-0.1, -0.05) is 44.2 Å². The third kappa shape index (κ3) is 8.61. The second-order valence-electron chi connectivity index (χ2n) is 12.0. The largest absolute Gasteiger partial charge is 0.455 e. The van der Waals surface area contributed by atoms with Crippen molar-refractivity contribution in [1.82, 2.24) is 26.1 Å². The van der Waals surface area contributed by atoms with Crippen molar-refractivity contribution in [3.63, 3.8) is 0 Å². The van der Waals surface area contributed by atoms with Gasteiger partial charge in [0.25, 0.3) is 5.91 Å². The fourth-order valence-electron chi connectivity index (χ4n) is 4.97. The first-order valence-corrected chi connectivity index (χ1v) is 15.1. The number of esters is 1. The summed E-state index contributed by atoms with van der Waals surface area (Å²) >= 11 is 0. The second-order valence-corrected chi connectivity index (χ2v) is 12.0. The van der Waals surface area contributed by atoms with Gasteiger partial charge in [-0.15, -0.1) is 0 Å². The molecule has 238 valence electrons. The Morgan fingerprint density at radius 2 is 1.77 bits per heavy atom. The molecule has 12 nitrogen and oxygen atoms in total. The number of ether oxygens (including phenoxy) is 3. The molecule has 2 aromatic rings. The van der Waals surface area contributed by atoms with Crippen molar-refractivity contribution in [2.75, 3.05) is 19.8 Å². The SMILES string of the molecule is CC1NC(=O)C(C(C)C)NC(=O)COC(C)(C)OCC=Cc2ccc3ccc(nc3c2)C(C)OC(=O)C2CCCN(N2)C1=O. The molecule has 4 atom stereocenters. The van der Waals surface area contributed by atoms with Crippen LogP contribution in [0.1, 0.15) is 71.7 Å². The van der Waals surface area contributed by atoms with Crippen molar-refractivity contribution in [3.8, 4) is 0 Å². The fourth-order valence-corrected chi connectivity index (χ4v) is 4.97. The van der Waals surface area contributed by atoms with Crippen molar-refractivity contribution in [2.24, 2.45) is 5.92 Å². The lowest BCUT2D eigenvalue weighted by molar-refractivity contribution is -0.207. The Balaban J connectivity index is 1.58.